The molecule has 0 saturated carbocycles. The molecule has 2 rings (SSSR count). The van der Waals surface area contributed by atoms with Gasteiger partial charge in [0, 0.05) is 23.0 Å². The number of aryl methyl sites for hydroxylation is 2. The predicted molar refractivity (Wildman–Crippen MR) is 85.9 cm³/mol. The molecule has 5 heteroatoms. The van der Waals surface area contributed by atoms with Crippen molar-refractivity contribution in [2.45, 2.75) is 20.3 Å². The van der Waals surface area contributed by atoms with E-state index in [9.17, 15) is 10.1 Å². The number of hydrogen-bond donors (Lipinski definition) is 0. The molecule has 0 atom stereocenters. The molecule has 0 heterocycles. The van der Waals surface area contributed by atoms with Crippen LogP contribution in [0.2, 0.25) is 0 Å². The van der Waals surface area contributed by atoms with Crippen LogP contribution in [0.1, 0.15) is 16.7 Å². The first kappa shape index (κ1) is 15.5. The fraction of sp³-hybridized carbons (Fsp3) is 0.250. The normalized spacial score (nSPS) is 10.4. The van der Waals surface area contributed by atoms with Gasteiger partial charge in [0.25, 0.3) is 5.69 Å². The van der Waals surface area contributed by atoms with Gasteiger partial charge in [-0.15, -0.1) is 0 Å². The first-order chi connectivity index (χ1) is 9.97. The molecule has 0 aliphatic rings. The zero-order chi connectivity index (χ0) is 15.4. The Bertz CT molecular complexity index is 630. The minimum absolute atomic E-state index is 0.110. The molecule has 110 valence electrons. The zero-order valence-corrected chi connectivity index (χ0v) is 13.5. The van der Waals surface area contributed by atoms with Crippen molar-refractivity contribution in [3.63, 3.8) is 0 Å². The van der Waals surface area contributed by atoms with E-state index in [1.807, 2.05) is 26.0 Å². The fourth-order valence-electron chi connectivity index (χ4n) is 2.06. The van der Waals surface area contributed by atoms with Gasteiger partial charge >= 0.3 is 0 Å². The summed E-state index contributed by atoms with van der Waals surface area (Å²) in [5, 5.41) is 10.6. The molecule has 0 fully saturated rings. The van der Waals surface area contributed by atoms with Crippen molar-refractivity contribution in [1.82, 2.24) is 0 Å². The van der Waals surface area contributed by atoms with Crippen LogP contribution in [0.25, 0.3) is 0 Å². The Morgan fingerprint density at radius 3 is 2.24 bits per heavy atom. The van der Waals surface area contributed by atoms with Crippen LogP contribution in [0.5, 0.6) is 5.75 Å². The Kier molecular flexibility index (Phi) is 4.96. The van der Waals surface area contributed by atoms with E-state index in [2.05, 4.69) is 15.9 Å². The van der Waals surface area contributed by atoms with E-state index in [1.54, 1.807) is 12.1 Å². The van der Waals surface area contributed by atoms with E-state index < -0.39 is 4.92 Å². The lowest BCUT2D eigenvalue weighted by atomic mass is 10.1. The van der Waals surface area contributed by atoms with Gasteiger partial charge in [-0.2, -0.15) is 0 Å². The number of nitrogens with zero attached hydrogens (tertiary/aromatic N) is 1. The van der Waals surface area contributed by atoms with Gasteiger partial charge in [-0.25, -0.2) is 0 Å². The third-order valence-electron chi connectivity index (χ3n) is 3.22. The molecule has 0 amide bonds. The van der Waals surface area contributed by atoms with Gasteiger partial charge < -0.3 is 4.74 Å². The van der Waals surface area contributed by atoms with E-state index in [1.165, 1.54) is 12.1 Å². The van der Waals surface area contributed by atoms with E-state index in [0.29, 0.717) is 13.0 Å². The molecule has 0 radical (unpaired) electrons. The molecule has 0 saturated heterocycles. The minimum Gasteiger partial charge on any atom is -0.493 e. The van der Waals surface area contributed by atoms with Crippen LogP contribution in [-0.2, 0) is 6.42 Å². The molecular formula is C16H16BrNO3. The summed E-state index contributed by atoms with van der Waals surface area (Å²) < 4.78 is 6.85. The Morgan fingerprint density at radius 2 is 1.71 bits per heavy atom. The highest BCUT2D eigenvalue weighted by Crippen LogP contribution is 2.26. The van der Waals surface area contributed by atoms with Gasteiger partial charge in [-0.1, -0.05) is 28.1 Å². The molecule has 0 spiro atoms. The number of nitro groups is 1. The summed E-state index contributed by atoms with van der Waals surface area (Å²) in [6, 6.07) is 10.5. The number of rotatable bonds is 5. The third kappa shape index (κ3) is 4.04. The summed E-state index contributed by atoms with van der Waals surface area (Å²) in [5.41, 5.74) is 3.41. The Labute approximate surface area is 132 Å². The maximum atomic E-state index is 10.6. The Morgan fingerprint density at radius 1 is 1.14 bits per heavy atom. The lowest BCUT2D eigenvalue weighted by Gasteiger charge is -2.10. The molecule has 21 heavy (non-hydrogen) atoms. The molecule has 2 aromatic carbocycles. The average Bonchev–Trinajstić information content (AvgIpc) is 2.45. The van der Waals surface area contributed by atoms with Crippen LogP contribution in [0.4, 0.5) is 5.69 Å². The summed E-state index contributed by atoms with van der Waals surface area (Å²) in [4.78, 5) is 10.2. The van der Waals surface area contributed by atoms with Crippen LogP contribution >= 0.6 is 15.9 Å². The van der Waals surface area contributed by atoms with E-state index >= 15 is 0 Å². The quantitative estimate of drug-likeness (QED) is 0.585. The second-order valence-electron chi connectivity index (χ2n) is 4.89. The fourth-order valence-corrected chi connectivity index (χ4v) is 2.29. The summed E-state index contributed by atoms with van der Waals surface area (Å²) in [6.07, 6.45) is 0.714. The van der Waals surface area contributed by atoms with Crippen LogP contribution in [0, 0.1) is 24.0 Å². The van der Waals surface area contributed by atoms with Crippen molar-refractivity contribution in [3.05, 3.63) is 67.7 Å². The van der Waals surface area contributed by atoms with Crippen LogP contribution in [0.15, 0.2) is 40.9 Å². The summed E-state index contributed by atoms with van der Waals surface area (Å²) >= 11 is 3.53. The molecule has 2 aromatic rings. The van der Waals surface area contributed by atoms with Gasteiger partial charge in [0.15, 0.2) is 0 Å². The predicted octanol–water partition coefficient (Wildman–Crippen LogP) is 4.60. The Hall–Kier alpha value is -1.88. The lowest BCUT2D eigenvalue weighted by molar-refractivity contribution is -0.384. The average molecular weight is 350 g/mol. The van der Waals surface area contributed by atoms with E-state index in [0.717, 1.165) is 26.9 Å². The molecule has 4 nitrogen and oxygen atoms in total. The molecule has 0 bridgehead atoms. The number of benzene rings is 2. The van der Waals surface area contributed by atoms with Crippen molar-refractivity contribution < 1.29 is 9.66 Å². The maximum Gasteiger partial charge on any atom is 0.269 e. The number of nitro benzene ring substituents is 1. The van der Waals surface area contributed by atoms with Gasteiger partial charge in [0.2, 0.25) is 0 Å². The third-order valence-corrected chi connectivity index (χ3v) is 4.47. The summed E-state index contributed by atoms with van der Waals surface area (Å²) in [5.74, 6) is 0.843. The summed E-state index contributed by atoms with van der Waals surface area (Å²) in [6.45, 7) is 4.60. The van der Waals surface area contributed by atoms with Crippen molar-refractivity contribution in [1.29, 1.82) is 0 Å². The van der Waals surface area contributed by atoms with Crippen LogP contribution < -0.4 is 4.74 Å². The SMILES string of the molecule is Cc1cc(OCCc2ccc([N+](=O)[O-])cc2)cc(C)c1Br. The van der Waals surface area contributed by atoms with Gasteiger partial charge in [-0.05, 0) is 42.7 Å². The van der Waals surface area contributed by atoms with E-state index in [-0.39, 0.29) is 5.69 Å². The van der Waals surface area contributed by atoms with Crippen molar-refractivity contribution in [2.24, 2.45) is 0 Å². The smallest absolute Gasteiger partial charge is 0.269 e. The van der Waals surface area contributed by atoms with Crippen molar-refractivity contribution in [2.75, 3.05) is 6.61 Å². The standard InChI is InChI=1S/C16H16BrNO3/c1-11-9-15(10-12(2)16(11)17)21-8-7-13-3-5-14(6-4-13)18(19)20/h3-6,9-10H,7-8H2,1-2H3. The largest absolute Gasteiger partial charge is 0.493 e. The molecular weight excluding hydrogens is 334 g/mol. The first-order valence-electron chi connectivity index (χ1n) is 6.60. The topological polar surface area (TPSA) is 52.4 Å². The van der Waals surface area contributed by atoms with Crippen LogP contribution in [0.3, 0.4) is 0 Å². The van der Waals surface area contributed by atoms with Gasteiger partial charge in [0.05, 0.1) is 11.5 Å². The molecule has 0 N–H and O–H groups in total. The Balaban J connectivity index is 1.94. The second kappa shape index (κ2) is 6.72. The highest BCUT2D eigenvalue weighted by molar-refractivity contribution is 9.10. The highest BCUT2D eigenvalue weighted by Gasteiger charge is 2.05. The zero-order valence-electron chi connectivity index (χ0n) is 11.9. The van der Waals surface area contributed by atoms with Crippen molar-refractivity contribution >= 4 is 21.6 Å². The van der Waals surface area contributed by atoms with Gasteiger partial charge in [0.1, 0.15) is 5.75 Å². The molecule has 0 unspecified atom stereocenters. The second-order valence-corrected chi connectivity index (χ2v) is 5.69. The number of halogens is 1. The number of non-ortho nitro benzene ring substituents is 1. The minimum atomic E-state index is -0.395. The van der Waals surface area contributed by atoms with E-state index in [4.69, 9.17) is 4.74 Å². The lowest BCUT2D eigenvalue weighted by Crippen LogP contribution is -2.02. The first-order valence-corrected chi connectivity index (χ1v) is 7.39. The highest BCUT2D eigenvalue weighted by atomic mass is 79.9. The number of hydrogen-bond acceptors (Lipinski definition) is 3. The number of ether oxygens (including phenoxy) is 1. The van der Waals surface area contributed by atoms with Gasteiger partial charge in [-0.3, -0.25) is 10.1 Å². The molecule has 0 aliphatic heterocycles. The van der Waals surface area contributed by atoms with Crippen LogP contribution in [-0.4, -0.2) is 11.5 Å². The molecule has 0 aliphatic carbocycles. The molecule has 0 aromatic heterocycles. The monoisotopic (exact) mass is 349 g/mol. The van der Waals surface area contributed by atoms with Crippen molar-refractivity contribution in [3.8, 4) is 5.75 Å². The summed E-state index contributed by atoms with van der Waals surface area (Å²) in [7, 11) is 0. The maximum absolute atomic E-state index is 10.6.